The molecule has 0 saturated heterocycles. The second-order valence-electron chi connectivity index (χ2n) is 5.11. The number of nitrogens with one attached hydrogen (secondary N) is 1. The molecule has 1 aromatic heterocycles. The first kappa shape index (κ1) is 13.8. The molecule has 0 spiro atoms. The summed E-state index contributed by atoms with van der Waals surface area (Å²) < 4.78 is 2.09. The van der Waals surface area contributed by atoms with Gasteiger partial charge in [-0.15, -0.1) is 0 Å². The van der Waals surface area contributed by atoms with Gasteiger partial charge in [-0.05, 0) is 50.9 Å². The lowest BCUT2D eigenvalue weighted by atomic mass is 10.1. The second kappa shape index (κ2) is 6.53. The van der Waals surface area contributed by atoms with Crippen molar-refractivity contribution in [3.63, 3.8) is 0 Å². The van der Waals surface area contributed by atoms with E-state index in [9.17, 15) is 0 Å². The average Bonchev–Trinajstić information content (AvgIpc) is 2.70. The fourth-order valence-corrected chi connectivity index (χ4v) is 2.29. The number of aryl methyl sites for hydroxylation is 4. The SMILES string of the molecule is Cc1cc(C)n(CCCNCc2ccccc2C)n1. The lowest BCUT2D eigenvalue weighted by Crippen LogP contribution is -2.17. The summed E-state index contributed by atoms with van der Waals surface area (Å²) in [6, 6.07) is 10.7. The summed E-state index contributed by atoms with van der Waals surface area (Å²) in [5, 5.41) is 7.97. The normalized spacial score (nSPS) is 10.9. The van der Waals surface area contributed by atoms with Crippen molar-refractivity contribution in [1.82, 2.24) is 15.1 Å². The van der Waals surface area contributed by atoms with E-state index >= 15 is 0 Å². The number of nitrogens with zero attached hydrogens (tertiary/aromatic N) is 2. The van der Waals surface area contributed by atoms with Crippen molar-refractivity contribution in [2.24, 2.45) is 0 Å². The summed E-state index contributed by atoms with van der Waals surface area (Å²) in [6.07, 6.45) is 1.11. The largest absolute Gasteiger partial charge is 0.313 e. The van der Waals surface area contributed by atoms with Gasteiger partial charge in [-0.2, -0.15) is 5.10 Å². The van der Waals surface area contributed by atoms with E-state index in [2.05, 4.69) is 59.3 Å². The van der Waals surface area contributed by atoms with Gasteiger partial charge >= 0.3 is 0 Å². The van der Waals surface area contributed by atoms with E-state index in [1.165, 1.54) is 16.8 Å². The minimum atomic E-state index is 0.948. The highest BCUT2D eigenvalue weighted by atomic mass is 15.3. The van der Waals surface area contributed by atoms with E-state index in [0.717, 1.165) is 31.7 Å². The maximum Gasteiger partial charge on any atom is 0.0596 e. The van der Waals surface area contributed by atoms with E-state index in [0.29, 0.717) is 0 Å². The molecule has 3 nitrogen and oxygen atoms in total. The molecule has 0 unspecified atom stereocenters. The Balaban J connectivity index is 1.70. The van der Waals surface area contributed by atoms with Crippen LogP contribution in [0.2, 0.25) is 0 Å². The van der Waals surface area contributed by atoms with Crippen LogP contribution in [0, 0.1) is 20.8 Å². The molecule has 0 atom stereocenters. The third kappa shape index (κ3) is 3.93. The summed E-state index contributed by atoms with van der Waals surface area (Å²) in [7, 11) is 0. The van der Waals surface area contributed by atoms with E-state index in [1.54, 1.807) is 0 Å². The molecule has 0 amide bonds. The smallest absolute Gasteiger partial charge is 0.0596 e. The van der Waals surface area contributed by atoms with Gasteiger partial charge in [0.05, 0.1) is 5.69 Å². The molecule has 0 saturated carbocycles. The van der Waals surface area contributed by atoms with E-state index in [4.69, 9.17) is 0 Å². The zero-order valence-electron chi connectivity index (χ0n) is 12.1. The maximum absolute atomic E-state index is 4.47. The van der Waals surface area contributed by atoms with Gasteiger partial charge in [-0.25, -0.2) is 0 Å². The van der Waals surface area contributed by atoms with Crippen LogP contribution >= 0.6 is 0 Å². The summed E-state index contributed by atoms with van der Waals surface area (Å²) >= 11 is 0. The van der Waals surface area contributed by atoms with Crippen LogP contribution in [0.1, 0.15) is 28.9 Å². The van der Waals surface area contributed by atoms with Crippen molar-refractivity contribution in [2.75, 3.05) is 6.54 Å². The molecule has 1 aromatic carbocycles. The fraction of sp³-hybridized carbons (Fsp3) is 0.438. The van der Waals surface area contributed by atoms with Gasteiger partial charge < -0.3 is 5.32 Å². The summed E-state index contributed by atoms with van der Waals surface area (Å²) in [4.78, 5) is 0. The van der Waals surface area contributed by atoms with E-state index < -0.39 is 0 Å². The van der Waals surface area contributed by atoms with Crippen LogP contribution in [0.3, 0.4) is 0 Å². The molecule has 19 heavy (non-hydrogen) atoms. The third-order valence-corrected chi connectivity index (χ3v) is 3.40. The van der Waals surface area contributed by atoms with Gasteiger partial charge in [0.2, 0.25) is 0 Å². The van der Waals surface area contributed by atoms with Crippen LogP contribution in [0.15, 0.2) is 30.3 Å². The zero-order chi connectivity index (χ0) is 13.7. The summed E-state index contributed by atoms with van der Waals surface area (Å²) in [5.74, 6) is 0. The monoisotopic (exact) mass is 257 g/mol. The molecule has 1 N–H and O–H groups in total. The molecule has 0 aliphatic heterocycles. The van der Waals surface area contributed by atoms with E-state index in [1.807, 2.05) is 6.92 Å². The Morgan fingerprint density at radius 3 is 2.63 bits per heavy atom. The third-order valence-electron chi connectivity index (χ3n) is 3.40. The Morgan fingerprint density at radius 1 is 1.16 bits per heavy atom. The Bertz CT molecular complexity index is 529. The van der Waals surface area contributed by atoms with Crippen LogP contribution in [0.4, 0.5) is 0 Å². The van der Waals surface area contributed by atoms with Gasteiger partial charge in [0.25, 0.3) is 0 Å². The molecule has 0 bridgehead atoms. The van der Waals surface area contributed by atoms with Crippen molar-refractivity contribution >= 4 is 0 Å². The lowest BCUT2D eigenvalue weighted by molar-refractivity contribution is 0.532. The second-order valence-corrected chi connectivity index (χ2v) is 5.11. The van der Waals surface area contributed by atoms with Crippen LogP contribution < -0.4 is 5.32 Å². The Kier molecular flexibility index (Phi) is 4.74. The number of aromatic nitrogens is 2. The molecular formula is C16H23N3. The Hall–Kier alpha value is -1.61. The molecule has 0 radical (unpaired) electrons. The standard InChI is InChI=1S/C16H23N3/c1-13-7-4-5-8-16(13)12-17-9-6-10-19-15(3)11-14(2)18-19/h4-5,7-8,11,17H,6,9-10,12H2,1-3H3. The van der Waals surface area contributed by atoms with Gasteiger partial charge in [-0.3, -0.25) is 4.68 Å². The molecule has 0 fully saturated rings. The van der Waals surface area contributed by atoms with Gasteiger partial charge in [0.15, 0.2) is 0 Å². The highest BCUT2D eigenvalue weighted by molar-refractivity contribution is 5.25. The number of hydrogen-bond donors (Lipinski definition) is 1. The number of rotatable bonds is 6. The fourth-order valence-electron chi connectivity index (χ4n) is 2.29. The molecule has 2 rings (SSSR count). The molecule has 3 heteroatoms. The first-order chi connectivity index (χ1) is 9.16. The van der Waals surface area contributed by atoms with E-state index in [-0.39, 0.29) is 0 Å². The minimum absolute atomic E-state index is 0.948. The lowest BCUT2D eigenvalue weighted by Gasteiger charge is -2.08. The van der Waals surface area contributed by atoms with Crippen LogP contribution in [-0.2, 0) is 13.1 Å². The van der Waals surface area contributed by atoms with Crippen molar-refractivity contribution in [2.45, 2.75) is 40.3 Å². The van der Waals surface area contributed by atoms with Crippen molar-refractivity contribution < 1.29 is 0 Å². The van der Waals surface area contributed by atoms with Gasteiger partial charge in [-0.1, -0.05) is 24.3 Å². The topological polar surface area (TPSA) is 29.9 Å². The summed E-state index contributed by atoms with van der Waals surface area (Å²) in [5.41, 5.74) is 5.09. The molecule has 0 aliphatic rings. The predicted molar refractivity (Wildman–Crippen MR) is 79.2 cm³/mol. The molecule has 102 valence electrons. The highest BCUT2D eigenvalue weighted by Crippen LogP contribution is 2.06. The van der Waals surface area contributed by atoms with Crippen molar-refractivity contribution in [3.8, 4) is 0 Å². The quantitative estimate of drug-likeness (QED) is 0.806. The number of hydrogen-bond acceptors (Lipinski definition) is 2. The Morgan fingerprint density at radius 2 is 1.95 bits per heavy atom. The van der Waals surface area contributed by atoms with Crippen LogP contribution in [0.25, 0.3) is 0 Å². The highest BCUT2D eigenvalue weighted by Gasteiger charge is 2.00. The molecular weight excluding hydrogens is 234 g/mol. The first-order valence-electron chi connectivity index (χ1n) is 6.93. The van der Waals surface area contributed by atoms with Gasteiger partial charge in [0, 0.05) is 18.8 Å². The summed E-state index contributed by atoms with van der Waals surface area (Å²) in [6.45, 7) is 9.27. The molecule has 1 heterocycles. The molecule has 2 aromatic rings. The predicted octanol–water partition coefficient (Wildman–Crippen LogP) is 2.99. The Labute approximate surface area is 115 Å². The van der Waals surface area contributed by atoms with Crippen LogP contribution in [-0.4, -0.2) is 16.3 Å². The number of benzene rings is 1. The molecule has 0 aliphatic carbocycles. The van der Waals surface area contributed by atoms with Gasteiger partial charge in [0.1, 0.15) is 0 Å². The van der Waals surface area contributed by atoms with Crippen molar-refractivity contribution in [3.05, 3.63) is 52.8 Å². The zero-order valence-corrected chi connectivity index (χ0v) is 12.1. The average molecular weight is 257 g/mol. The first-order valence-corrected chi connectivity index (χ1v) is 6.93. The van der Waals surface area contributed by atoms with Crippen molar-refractivity contribution in [1.29, 1.82) is 0 Å². The maximum atomic E-state index is 4.47. The van der Waals surface area contributed by atoms with Crippen LogP contribution in [0.5, 0.6) is 0 Å². The minimum Gasteiger partial charge on any atom is -0.313 e.